The molecule has 2 nitrogen and oxygen atoms in total. The normalized spacial score (nSPS) is 10.3. The summed E-state index contributed by atoms with van der Waals surface area (Å²) in [5, 5.41) is 8.21. The van der Waals surface area contributed by atoms with E-state index in [0.29, 0.717) is 6.42 Å². The molecular formula is C4H6Br3ClO2. The Hall–Kier alpha value is 1.20. The summed E-state index contributed by atoms with van der Waals surface area (Å²) in [6.45, 7) is 0. The van der Waals surface area contributed by atoms with Gasteiger partial charge in [-0.1, -0.05) is 47.8 Å². The van der Waals surface area contributed by atoms with Crippen molar-refractivity contribution in [3.63, 3.8) is 0 Å². The number of hydrogen-bond donors (Lipinski definition) is 1. The number of aliphatic carboxylic acids is 1. The lowest BCUT2D eigenvalue weighted by atomic mass is 10.3. The van der Waals surface area contributed by atoms with Crippen LogP contribution in [0.15, 0.2) is 0 Å². The summed E-state index contributed by atoms with van der Waals surface area (Å²) in [5.74, 6) is -0.794. The fourth-order valence-electron chi connectivity index (χ4n) is 0.249. The van der Waals surface area contributed by atoms with Crippen LogP contribution in [-0.4, -0.2) is 13.2 Å². The first-order valence-corrected chi connectivity index (χ1v) is 4.58. The summed E-state index contributed by atoms with van der Waals surface area (Å²) in [7, 11) is 0. The topological polar surface area (TPSA) is 37.3 Å². The lowest BCUT2D eigenvalue weighted by Gasteiger charge is -2.08. The van der Waals surface area contributed by atoms with Crippen molar-refractivity contribution in [2.75, 3.05) is 0 Å². The summed E-state index contributed by atoms with van der Waals surface area (Å²) in [6, 6.07) is 0. The first-order valence-electron chi connectivity index (χ1n) is 2.20. The van der Waals surface area contributed by atoms with Crippen molar-refractivity contribution in [2.24, 2.45) is 0 Å². The Balaban J connectivity index is 0. The zero-order chi connectivity index (χ0) is 7.49. The van der Waals surface area contributed by atoms with Gasteiger partial charge in [0, 0.05) is 6.42 Å². The Morgan fingerprint density at radius 2 is 1.80 bits per heavy atom. The molecular weight excluding hydrogens is 355 g/mol. The molecule has 0 fully saturated rings. The SMILES string of the molecule is Cl.O=C(O)CCC(Br)(Br)Br. The molecule has 0 aromatic carbocycles. The highest BCUT2D eigenvalue weighted by Gasteiger charge is 2.18. The number of alkyl halides is 3. The predicted molar refractivity (Wildman–Crippen MR) is 53.6 cm³/mol. The predicted octanol–water partition coefficient (Wildman–Crippen LogP) is 3.11. The maximum atomic E-state index is 9.98. The number of carboxylic acid groups (broad SMARTS) is 1. The van der Waals surface area contributed by atoms with Gasteiger partial charge in [0.2, 0.25) is 0 Å². The van der Waals surface area contributed by atoms with Crippen molar-refractivity contribution < 1.29 is 9.90 Å². The quantitative estimate of drug-likeness (QED) is 0.768. The van der Waals surface area contributed by atoms with Crippen LogP contribution < -0.4 is 0 Å². The number of hydrogen-bond acceptors (Lipinski definition) is 1. The van der Waals surface area contributed by atoms with E-state index in [2.05, 4.69) is 47.8 Å². The molecule has 0 spiro atoms. The zero-order valence-electron chi connectivity index (χ0n) is 4.81. The molecule has 0 aliphatic rings. The van der Waals surface area contributed by atoms with Gasteiger partial charge in [-0.05, 0) is 6.42 Å². The molecule has 0 saturated carbocycles. The van der Waals surface area contributed by atoms with Gasteiger partial charge in [0.05, 0.1) is 0 Å². The maximum Gasteiger partial charge on any atom is 0.303 e. The largest absolute Gasteiger partial charge is 0.481 e. The molecule has 0 unspecified atom stereocenters. The minimum Gasteiger partial charge on any atom is -0.481 e. The van der Waals surface area contributed by atoms with E-state index in [1.807, 2.05) is 0 Å². The Morgan fingerprint density at radius 3 is 1.90 bits per heavy atom. The second kappa shape index (κ2) is 5.80. The Kier molecular flexibility index (Phi) is 7.99. The van der Waals surface area contributed by atoms with Crippen molar-refractivity contribution >= 4 is 66.2 Å². The zero-order valence-corrected chi connectivity index (χ0v) is 10.4. The van der Waals surface area contributed by atoms with Crippen LogP contribution in [0.3, 0.4) is 0 Å². The smallest absolute Gasteiger partial charge is 0.303 e. The average molecular weight is 361 g/mol. The molecule has 0 atom stereocenters. The van der Waals surface area contributed by atoms with Crippen molar-refractivity contribution in [3.8, 4) is 0 Å². The first-order chi connectivity index (χ1) is 3.92. The summed E-state index contributed by atoms with van der Waals surface area (Å²) >= 11 is 9.53. The minimum absolute atomic E-state index is 0. The lowest BCUT2D eigenvalue weighted by molar-refractivity contribution is -0.137. The van der Waals surface area contributed by atoms with E-state index in [-0.39, 0.29) is 18.8 Å². The highest BCUT2D eigenvalue weighted by Crippen LogP contribution is 2.37. The summed E-state index contributed by atoms with van der Waals surface area (Å²) in [6.07, 6.45) is 0.643. The molecule has 0 bridgehead atoms. The number of halogens is 4. The third kappa shape index (κ3) is 11.9. The highest BCUT2D eigenvalue weighted by molar-refractivity contribution is 9.39. The molecule has 0 aromatic rings. The second-order valence-electron chi connectivity index (χ2n) is 1.51. The summed E-state index contributed by atoms with van der Waals surface area (Å²) in [5.41, 5.74) is 0. The summed E-state index contributed by atoms with van der Waals surface area (Å²) < 4.78 is -0.411. The molecule has 0 aromatic heterocycles. The molecule has 0 radical (unpaired) electrons. The molecule has 0 aliphatic heterocycles. The van der Waals surface area contributed by atoms with Gasteiger partial charge in [-0.15, -0.1) is 12.4 Å². The fraction of sp³-hybridized carbons (Fsp3) is 0.750. The monoisotopic (exact) mass is 358 g/mol. The van der Waals surface area contributed by atoms with Crippen LogP contribution in [0.1, 0.15) is 12.8 Å². The Labute approximate surface area is 90.5 Å². The van der Waals surface area contributed by atoms with Crippen LogP contribution in [0.2, 0.25) is 0 Å². The fourth-order valence-corrected chi connectivity index (χ4v) is 0.843. The van der Waals surface area contributed by atoms with Gasteiger partial charge < -0.3 is 5.11 Å². The van der Waals surface area contributed by atoms with Crippen molar-refractivity contribution in [1.29, 1.82) is 0 Å². The Morgan fingerprint density at radius 1 is 1.40 bits per heavy atom. The third-order valence-electron chi connectivity index (χ3n) is 0.622. The van der Waals surface area contributed by atoms with Crippen LogP contribution in [-0.2, 0) is 4.79 Å². The number of carboxylic acids is 1. The van der Waals surface area contributed by atoms with Crippen LogP contribution >= 0.6 is 60.2 Å². The average Bonchev–Trinajstić information content (AvgIpc) is 1.59. The molecule has 0 aliphatic carbocycles. The van der Waals surface area contributed by atoms with Crippen molar-refractivity contribution in [3.05, 3.63) is 0 Å². The lowest BCUT2D eigenvalue weighted by Crippen LogP contribution is -2.04. The molecule has 0 saturated heterocycles. The van der Waals surface area contributed by atoms with Gasteiger partial charge in [-0.25, -0.2) is 0 Å². The van der Waals surface area contributed by atoms with Crippen LogP contribution in [0.5, 0.6) is 0 Å². The number of rotatable bonds is 2. The molecule has 1 N–H and O–H groups in total. The molecule has 0 amide bonds. The van der Waals surface area contributed by atoms with Gasteiger partial charge >= 0.3 is 5.97 Å². The molecule has 0 heterocycles. The van der Waals surface area contributed by atoms with E-state index in [1.165, 1.54) is 0 Å². The van der Waals surface area contributed by atoms with Gasteiger partial charge in [0.25, 0.3) is 0 Å². The van der Waals surface area contributed by atoms with Gasteiger partial charge in [0.15, 0.2) is 0 Å². The maximum absolute atomic E-state index is 9.98. The van der Waals surface area contributed by atoms with E-state index >= 15 is 0 Å². The Bertz CT molecular complexity index is 112. The van der Waals surface area contributed by atoms with Gasteiger partial charge in [0.1, 0.15) is 2.14 Å². The summed E-state index contributed by atoms with van der Waals surface area (Å²) in [4.78, 5) is 9.98. The highest BCUT2D eigenvalue weighted by atomic mass is 80.0. The molecule has 0 rings (SSSR count). The molecule has 6 heteroatoms. The van der Waals surface area contributed by atoms with Crippen LogP contribution in [0.4, 0.5) is 0 Å². The van der Waals surface area contributed by atoms with E-state index in [1.54, 1.807) is 0 Å². The molecule has 10 heavy (non-hydrogen) atoms. The van der Waals surface area contributed by atoms with Crippen molar-refractivity contribution in [1.82, 2.24) is 0 Å². The van der Waals surface area contributed by atoms with Gasteiger partial charge in [-0.3, -0.25) is 4.79 Å². The molecule has 62 valence electrons. The third-order valence-corrected chi connectivity index (χ3v) is 1.81. The van der Waals surface area contributed by atoms with Crippen molar-refractivity contribution in [2.45, 2.75) is 15.0 Å². The van der Waals surface area contributed by atoms with E-state index in [4.69, 9.17) is 5.11 Å². The van der Waals surface area contributed by atoms with E-state index in [0.717, 1.165) is 0 Å². The second-order valence-corrected chi connectivity index (χ2v) is 8.76. The number of carbonyl (C=O) groups is 1. The minimum atomic E-state index is -0.794. The van der Waals surface area contributed by atoms with Crippen LogP contribution in [0, 0.1) is 0 Å². The van der Waals surface area contributed by atoms with Crippen LogP contribution in [0.25, 0.3) is 0 Å². The first kappa shape index (κ1) is 13.8. The van der Waals surface area contributed by atoms with E-state index < -0.39 is 8.11 Å². The van der Waals surface area contributed by atoms with E-state index in [9.17, 15) is 4.79 Å². The van der Waals surface area contributed by atoms with Gasteiger partial charge in [-0.2, -0.15) is 0 Å². The standard InChI is InChI=1S/C4H5Br3O2.ClH/c5-4(6,7)2-1-3(8)9;/h1-2H2,(H,8,9);1H.